The molecule has 1 unspecified atom stereocenters. The Hall–Kier alpha value is -6.69. The third-order valence-corrected chi connectivity index (χ3v) is 10.7. The Morgan fingerprint density at radius 1 is 0.732 bits per heavy atom. The predicted molar refractivity (Wildman–Crippen MR) is 225 cm³/mol. The van der Waals surface area contributed by atoms with E-state index in [0.717, 1.165) is 32.5 Å². The number of thiazole rings is 1. The summed E-state index contributed by atoms with van der Waals surface area (Å²) in [6.45, 7) is 0. The van der Waals surface area contributed by atoms with Gasteiger partial charge in [0.25, 0.3) is 11.8 Å². The van der Waals surface area contributed by atoms with Crippen LogP contribution < -0.4 is 25.4 Å². The van der Waals surface area contributed by atoms with E-state index in [9.17, 15) is 14.4 Å². The number of fused-ring (bicyclic) bond motifs is 1. The summed E-state index contributed by atoms with van der Waals surface area (Å²) in [4.78, 5) is 46.7. The molecule has 0 saturated heterocycles. The molecule has 6 aromatic carbocycles. The number of nitrogens with one attached hydrogen (secondary N) is 3. The van der Waals surface area contributed by atoms with E-state index < -0.39 is 17.1 Å². The third kappa shape index (κ3) is 9.15. The molecule has 56 heavy (non-hydrogen) atoms. The van der Waals surface area contributed by atoms with Crippen molar-refractivity contribution in [3.05, 3.63) is 173 Å². The summed E-state index contributed by atoms with van der Waals surface area (Å²) in [7, 11) is 3.06. The number of nitrogens with zero attached hydrogens (tertiary/aromatic N) is 1. The van der Waals surface area contributed by atoms with Gasteiger partial charge in [0.05, 0.1) is 19.9 Å². The highest BCUT2D eigenvalue weighted by molar-refractivity contribution is 8.00. The van der Waals surface area contributed by atoms with E-state index in [1.54, 1.807) is 73.8 Å². The third-order valence-electron chi connectivity index (χ3n) is 8.73. The Bertz CT molecular complexity index is 2540. The van der Waals surface area contributed by atoms with E-state index in [2.05, 4.69) is 40.2 Å². The molecule has 3 amide bonds. The first-order valence-electron chi connectivity index (χ1n) is 17.6. The summed E-state index contributed by atoms with van der Waals surface area (Å²) in [6.07, 6.45) is 1.54. The largest absolute Gasteiger partial charge is 0.497 e. The average molecular weight is 777 g/mol. The molecule has 0 spiro atoms. The van der Waals surface area contributed by atoms with Crippen LogP contribution in [0.1, 0.15) is 26.7 Å². The molecule has 1 heterocycles. The molecule has 0 saturated carbocycles. The normalized spacial score (nSPS) is 11.7. The van der Waals surface area contributed by atoms with Gasteiger partial charge in [-0.25, -0.2) is 4.98 Å². The van der Waals surface area contributed by atoms with Gasteiger partial charge in [0.15, 0.2) is 5.13 Å². The van der Waals surface area contributed by atoms with E-state index in [4.69, 9.17) is 14.5 Å². The van der Waals surface area contributed by atoms with Gasteiger partial charge in [0.2, 0.25) is 5.91 Å². The maximum Gasteiger partial charge on any atom is 0.272 e. The van der Waals surface area contributed by atoms with Crippen molar-refractivity contribution in [1.82, 2.24) is 10.3 Å². The molecule has 7 aromatic rings. The fourth-order valence-electron chi connectivity index (χ4n) is 5.92. The number of methoxy groups -OCH3 is 2. The lowest BCUT2D eigenvalue weighted by atomic mass is 10.1. The minimum atomic E-state index is -0.642. The number of anilines is 2. The number of rotatable bonds is 13. The van der Waals surface area contributed by atoms with Crippen molar-refractivity contribution < 1.29 is 23.9 Å². The van der Waals surface area contributed by atoms with Gasteiger partial charge in [0, 0.05) is 32.7 Å². The van der Waals surface area contributed by atoms with Gasteiger partial charge in [0.1, 0.15) is 22.4 Å². The summed E-state index contributed by atoms with van der Waals surface area (Å²) in [5.74, 6) is -0.232. The Balaban J connectivity index is 1.12. The number of carbonyl (C=O) groups excluding carboxylic acids is 3. The first-order valence-corrected chi connectivity index (χ1v) is 19.3. The summed E-state index contributed by atoms with van der Waals surface area (Å²) in [5, 5.41) is 12.8. The number of hydrogen-bond donors (Lipinski definition) is 3. The Kier molecular flexibility index (Phi) is 11.8. The lowest BCUT2D eigenvalue weighted by molar-refractivity contribution is -0.116. The van der Waals surface area contributed by atoms with Crippen LogP contribution in [-0.2, 0) is 9.59 Å². The lowest BCUT2D eigenvalue weighted by Gasteiger charge is -2.17. The number of benzene rings is 6. The number of amides is 3. The standard InChI is InChI=1S/C45H36N4O5S2/c1-53-36-22-23-40(54-2)34(25-36)26-38(47-42(50)31-15-7-4-8-16-31)43(51)46-35-18-11-19-37(27-35)56-41(30-13-5-3-6-14-30)44(52)49-45-48-39(28-55-45)33-21-20-29-12-9-10-17-32(29)24-33/h3-28,41H,1-2H3,(H,46,51)(H,47,50)(H,48,49,52)/b38-26+. The molecule has 7 rings (SSSR count). The maximum atomic E-state index is 14.0. The van der Waals surface area contributed by atoms with E-state index in [1.165, 1.54) is 36.3 Å². The van der Waals surface area contributed by atoms with Crippen LogP contribution in [0.25, 0.3) is 28.1 Å². The molecule has 278 valence electrons. The number of thioether (sulfide) groups is 1. The highest BCUT2D eigenvalue weighted by Gasteiger charge is 2.24. The molecule has 11 heteroatoms. The highest BCUT2D eigenvalue weighted by Crippen LogP contribution is 2.38. The van der Waals surface area contributed by atoms with E-state index in [-0.39, 0.29) is 11.6 Å². The summed E-state index contributed by atoms with van der Waals surface area (Å²) < 4.78 is 10.9. The van der Waals surface area contributed by atoms with Crippen LogP contribution in [0.3, 0.4) is 0 Å². The number of hydrogen-bond acceptors (Lipinski definition) is 8. The topological polar surface area (TPSA) is 119 Å². The van der Waals surface area contributed by atoms with Crippen LogP contribution in [0.15, 0.2) is 162 Å². The molecule has 3 N–H and O–H groups in total. The van der Waals surface area contributed by atoms with Crippen molar-refractivity contribution in [3.8, 4) is 22.8 Å². The number of aromatic nitrogens is 1. The fraction of sp³-hybridized carbons (Fsp3) is 0.0667. The molecule has 1 aromatic heterocycles. The van der Waals surface area contributed by atoms with Gasteiger partial charge in [-0.05, 0) is 77.0 Å². The second kappa shape index (κ2) is 17.6. The SMILES string of the molecule is COc1ccc(OC)c(/C=C(/NC(=O)c2ccccc2)C(=O)Nc2cccc(SC(C(=O)Nc3nc(-c4ccc5ccccc5c4)cs3)c3ccccc3)c2)c1. The van der Waals surface area contributed by atoms with Crippen molar-refractivity contribution in [2.24, 2.45) is 0 Å². The molecular formula is C45H36N4O5S2. The van der Waals surface area contributed by atoms with Crippen LogP contribution in [0.4, 0.5) is 10.8 Å². The monoisotopic (exact) mass is 776 g/mol. The number of ether oxygens (including phenoxy) is 2. The van der Waals surface area contributed by atoms with Gasteiger partial charge in [-0.1, -0.05) is 91.0 Å². The first-order chi connectivity index (χ1) is 27.4. The van der Waals surface area contributed by atoms with Gasteiger partial charge >= 0.3 is 0 Å². The summed E-state index contributed by atoms with van der Waals surface area (Å²) in [5.41, 5.74) is 3.90. The smallest absolute Gasteiger partial charge is 0.272 e. The second-order valence-corrected chi connectivity index (χ2v) is 14.5. The number of carbonyl (C=O) groups is 3. The maximum absolute atomic E-state index is 14.0. The van der Waals surface area contributed by atoms with Gasteiger partial charge < -0.3 is 25.4 Å². The van der Waals surface area contributed by atoms with Crippen molar-refractivity contribution in [1.29, 1.82) is 0 Å². The van der Waals surface area contributed by atoms with Crippen molar-refractivity contribution in [2.75, 3.05) is 24.9 Å². The van der Waals surface area contributed by atoms with Gasteiger partial charge in [-0.2, -0.15) is 0 Å². The van der Waals surface area contributed by atoms with Crippen LogP contribution in [0, 0.1) is 0 Å². The van der Waals surface area contributed by atoms with Crippen LogP contribution in [0.2, 0.25) is 0 Å². The van der Waals surface area contributed by atoms with Crippen molar-refractivity contribution in [2.45, 2.75) is 10.1 Å². The molecular weight excluding hydrogens is 741 g/mol. The zero-order chi connectivity index (χ0) is 38.9. The molecule has 0 aliphatic rings. The summed E-state index contributed by atoms with van der Waals surface area (Å²) >= 11 is 2.71. The molecule has 0 radical (unpaired) electrons. The minimum absolute atomic E-state index is 0.0171. The molecule has 9 nitrogen and oxygen atoms in total. The average Bonchev–Trinajstić information content (AvgIpc) is 3.71. The Morgan fingerprint density at radius 2 is 1.48 bits per heavy atom. The first kappa shape index (κ1) is 37.6. The Morgan fingerprint density at radius 3 is 2.25 bits per heavy atom. The molecule has 1 atom stereocenters. The van der Waals surface area contributed by atoms with Gasteiger partial charge in [-0.15, -0.1) is 23.1 Å². The quantitative estimate of drug-likeness (QED) is 0.0788. The predicted octanol–water partition coefficient (Wildman–Crippen LogP) is 9.86. The van der Waals surface area contributed by atoms with Crippen LogP contribution in [-0.4, -0.2) is 36.9 Å². The lowest BCUT2D eigenvalue weighted by Crippen LogP contribution is -2.30. The zero-order valence-electron chi connectivity index (χ0n) is 30.4. The molecule has 0 aliphatic heterocycles. The Labute approximate surface area is 332 Å². The van der Waals surface area contributed by atoms with E-state index >= 15 is 0 Å². The second-order valence-electron chi connectivity index (χ2n) is 12.5. The molecule has 0 fully saturated rings. The van der Waals surface area contributed by atoms with E-state index in [0.29, 0.717) is 33.4 Å². The van der Waals surface area contributed by atoms with Crippen molar-refractivity contribution in [3.63, 3.8) is 0 Å². The van der Waals surface area contributed by atoms with Gasteiger partial charge in [-0.3, -0.25) is 14.4 Å². The summed E-state index contributed by atoms with van der Waals surface area (Å²) in [6, 6.07) is 44.8. The fourth-order valence-corrected chi connectivity index (χ4v) is 7.72. The molecule has 0 bridgehead atoms. The van der Waals surface area contributed by atoms with Crippen LogP contribution in [0.5, 0.6) is 11.5 Å². The van der Waals surface area contributed by atoms with E-state index in [1.807, 2.05) is 60.0 Å². The van der Waals surface area contributed by atoms with Crippen molar-refractivity contribution >= 4 is 68.5 Å². The molecule has 0 aliphatic carbocycles. The zero-order valence-corrected chi connectivity index (χ0v) is 32.0. The van der Waals surface area contributed by atoms with Crippen LogP contribution >= 0.6 is 23.1 Å². The minimum Gasteiger partial charge on any atom is -0.497 e. The highest BCUT2D eigenvalue weighted by atomic mass is 32.2.